The number of anilines is 1. The van der Waals surface area contributed by atoms with E-state index in [4.69, 9.17) is 9.72 Å². The van der Waals surface area contributed by atoms with Crippen molar-refractivity contribution in [2.24, 2.45) is 0 Å². The molecule has 0 bridgehead atoms. The maximum absolute atomic E-state index is 14.7. The molecule has 2 aliphatic heterocycles. The third-order valence-electron chi connectivity index (χ3n) is 6.74. The average Bonchev–Trinajstić information content (AvgIpc) is 3.49. The number of rotatable bonds is 5. The van der Waals surface area contributed by atoms with Crippen molar-refractivity contribution in [1.29, 1.82) is 0 Å². The Balaban J connectivity index is 1.46. The minimum absolute atomic E-state index is 0.117. The van der Waals surface area contributed by atoms with Gasteiger partial charge in [0.15, 0.2) is 5.69 Å². The van der Waals surface area contributed by atoms with Gasteiger partial charge in [-0.05, 0) is 39.0 Å². The Hall–Kier alpha value is -4.05. The Morgan fingerprint density at radius 3 is 2.84 bits per heavy atom. The highest BCUT2D eigenvalue weighted by Gasteiger charge is 2.32. The summed E-state index contributed by atoms with van der Waals surface area (Å²) in [5, 5.41) is 13.7. The van der Waals surface area contributed by atoms with Gasteiger partial charge in [-0.15, -0.1) is 0 Å². The molecule has 0 aliphatic carbocycles. The number of hydrogen-bond donors (Lipinski definition) is 2. The molecule has 0 saturated carbocycles. The first-order chi connectivity index (χ1) is 17.7. The molecular weight excluding hydrogens is 475 g/mol. The van der Waals surface area contributed by atoms with E-state index < -0.39 is 5.60 Å². The van der Waals surface area contributed by atoms with E-state index in [2.05, 4.69) is 15.3 Å². The summed E-state index contributed by atoms with van der Waals surface area (Å²) < 4.78 is 22.0. The summed E-state index contributed by atoms with van der Waals surface area (Å²) in [5.74, 6) is 0.521. The van der Waals surface area contributed by atoms with Gasteiger partial charge in [-0.3, -0.25) is 14.2 Å². The zero-order valence-electron chi connectivity index (χ0n) is 20.9. The molecule has 0 spiro atoms. The zero-order valence-corrected chi connectivity index (χ0v) is 20.9. The molecule has 6 rings (SSSR count). The minimum atomic E-state index is -1.10. The molecule has 1 amide bonds. The summed E-state index contributed by atoms with van der Waals surface area (Å²) in [6.45, 7) is 6.31. The SMILES string of the molecule is Cc1ccc2c(n1)CN(CC(C)(C)O)C(=O)c1ncn3c(NCc4c(F)ccc5c4CCO5)ncc-2c13. The van der Waals surface area contributed by atoms with Gasteiger partial charge in [-0.25, -0.2) is 14.4 Å². The van der Waals surface area contributed by atoms with Gasteiger partial charge in [0.05, 0.1) is 30.0 Å². The fourth-order valence-electron chi connectivity index (χ4n) is 5.15. The number of nitrogens with zero attached hydrogens (tertiary/aromatic N) is 5. The number of aryl methyl sites for hydroxylation is 1. The van der Waals surface area contributed by atoms with E-state index in [1.165, 1.54) is 6.07 Å². The second kappa shape index (κ2) is 8.52. The molecule has 37 heavy (non-hydrogen) atoms. The van der Waals surface area contributed by atoms with Gasteiger partial charge < -0.3 is 20.1 Å². The van der Waals surface area contributed by atoms with Gasteiger partial charge in [-0.1, -0.05) is 6.07 Å². The van der Waals surface area contributed by atoms with Crippen LogP contribution in [0.3, 0.4) is 0 Å². The highest BCUT2D eigenvalue weighted by molar-refractivity contribution is 6.04. The Labute approximate surface area is 213 Å². The number of fused-ring (bicyclic) bond motifs is 3. The van der Waals surface area contributed by atoms with Crippen LogP contribution in [0, 0.1) is 12.7 Å². The second-order valence-electron chi connectivity index (χ2n) is 10.2. The van der Waals surface area contributed by atoms with Crippen molar-refractivity contribution in [3.05, 3.63) is 70.8 Å². The molecule has 1 aromatic carbocycles. The number of carbonyl (C=O) groups excluding carboxylic acids is 1. The molecule has 0 saturated heterocycles. The largest absolute Gasteiger partial charge is 0.493 e. The third kappa shape index (κ3) is 4.07. The Morgan fingerprint density at radius 1 is 1.19 bits per heavy atom. The van der Waals surface area contributed by atoms with Crippen LogP contribution in [-0.2, 0) is 19.5 Å². The summed E-state index contributed by atoms with van der Waals surface area (Å²) in [6.07, 6.45) is 3.90. The molecule has 10 heteroatoms. The molecule has 2 N–H and O–H groups in total. The molecule has 2 aliphatic rings. The van der Waals surface area contributed by atoms with E-state index in [1.54, 1.807) is 41.7 Å². The molecule has 0 fully saturated rings. The minimum Gasteiger partial charge on any atom is -0.493 e. The van der Waals surface area contributed by atoms with Crippen LogP contribution in [0.2, 0.25) is 0 Å². The summed E-state index contributed by atoms with van der Waals surface area (Å²) in [4.78, 5) is 29.1. The molecule has 0 radical (unpaired) electrons. The van der Waals surface area contributed by atoms with E-state index in [9.17, 15) is 14.3 Å². The predicted octanol–water partition coefficient (Wildman–Crippen LogP) is 3.51. The van der Waals surface area contributed by atoms with Crippen LogP contribution in [-0.4, -0.2) is 54.0 Å². The number of aliphatic hydroxyl groups is 1. The van der Waals surface area contributed by atoms with Crippen molar-refractivity contribution in [3.63, 3.8) is 0 Å². The first-order valence-electron chi connectivity index (χ1n) is 12.2. The lowest BCUT2D eigenvalue weighted by Crippen LogP contribution is -2.42. The Bertz CT molecular complexity index is 1560. The van der Waals surface area contributed by atoms with Gasteiger partial charge in [0.25, 0.3) is 5.91 Å². The van der Waals surface area contributed by atoms with Crippen molar-refractivity contribution in [3.8, 4) is 16.9 Å². The van der Waals surface area contributed by atoms with Crippen molar-refractivity contribution >= 4 is 17.4 Å². The second-order valence-corrected chi connectivity index (χ2v) is 10.2. The Kier molecular flexibility index (Phi) is 5.38. The highest BCUT2D eigenvalue weighted by Crippen LogP contribution is 2.35. The number of nitrogens with one attached hydrogen (secondary N) is 1. The first kappa shape index (κ1) is 23.4. The summed E-state index contributed by atoms with van der Waals surface area (Å²) in [7, 11) is 0. The third-order valence-corrected chi connectivity index (χ3v) is 6.74. The molecule has 9 nitrogen and oxygen atoms in total. The van der Waals surface area contributed by atoms with Crippen LogP contribution < -0.4 is 10.1 Å². The smallest absolute Gasteiger partial charge is 0.275 e. The van der Waals surface area contributed by atoms with Gasteiger partial charge in [-0.2, -0.15) is 0 Å². The fourth-order valence-corrected chi connectivity index (χ4v) is 5.15. The van der Waals surface area contributed by atoms with E-state index in [-0.39, 0.29) is 37.1 Å². The van der Waals surface area contributed by atoms with Gasteiger partial charge in [0, 0.05) is 53.7 Å². The summed E-state index contributed by atoms with van der Waals surface area (Å²) in [5.41, 5.74) is 4.25. The monoisotopic (exact) mass is 502 g/mol. The number of halogens is 1. The molecule has 4 aromatic rings. The van der Waals surface area contributed by atoms with Crippen LogP contribution in [0.5, 0.6) is 5.75 Å². The molecular formula is C27H27FN6O3. The van der Waals surface area contributed by atoms with Gasteiger partial charge >= 0.3 is 0 Å². The zero-order chi connectivity index (χ0) is 25.9. The summed E-state index contributed by atoms with van der Waals surface area (Å²) in [6, 6.07) is 6.96. The van der Waals surface area contributed by atoms with E-state index in [0.717, 1.165) is 28.1 Å². The number of hydrogen-bond acceptors (Lipinski definition) is 7. The van der Waals surface area contributed by atoms with Crippen LogP contribution >= 0.6 is 0 Å². The number of β-amino-alcohol motifs (C(OH)–C–C–N with tert-alkyl or cyclic N) is 1. The maximum atomic E-state index is 14.7. The highest BCUT2D eigenvalue weighted by atomic mass is 19.1. The lowest BCUT2D eigenvalue weighted by molar-refractivity contribution is 0.0275. The van der Waals surface area contributed by atoms with Crippen LogP contribution in [0.15, 0.2) is 36.8 Å². The maximum Gasteiger partial charge on any atom is 0.275 e. The number of carbonyl (C=O) groups is 1. The number of amides is 1. The van der Waals surface area contributed by atoms with Crippen LogP contribution in [0.4, 0.5) is 10.3 Å². The Morgan fingerprint density at radius 2 is 2.03 bits per heavy atom. The van der Waals surface area contributed by atoms with E-state index in [1.807, 2.05) is 19.1 Å². The van der Waals surface area contributed by atoms with Crippen molar-refractivity contribution in [1.82, 2.24) is 24.3 Å². The van der Waals surface area contributed by atoms with Crippen molar-refractivity contribution < 1.29 is 19.0 Å². The number of imidazole rings is 1. The molecule has 3 aromatic heterocycles. The number of aromatic nitrogens is 4. The van der Waals surface area contributed by atoms with Crippen molar-refractivity contribution in [2.45, 2.75) is 45.9 Å². The standard InChI is InChI=1S/C27H27FN6O3/c1-15-4-5-16-19-11-30-26(29-10-18-17-8-9-37-22(17)7-6-20(18)28)34-14-31-23(24(19)34)25(35)33(12-21(16)32-15)13-27(2,3)36/h4-7,11,14,36H,8-10,12-13H2,1-3H3,(H,29,30). The normalized spacial score (nSPS) is 14.7. The topological polar surface area (TPSA) is 105 Å². The van der Waals surface area contributed by atoms with Crippen LogP contribution in [0.1, 0.15) is 46.9 Å². The van der Waals surface area contributed by atoms with E-state index >= 15 is 0 Å². The first-order valence-corrected chi connectivity index (χ1v) is 12.2. The molecule has 5 heterocycles. The predicted molar refractivity (Wildman–Crippen MR) is 135 cm³/mol. The number of ether oxygens (including phenoxy) is 1. The van der Waals surface area contributed by atoms with E-state index in [0.29, 0.717) is 35.8 Å². The average molecular weight is 503 g/mol. The number of pyridine rings is 1. The lowest BCUT2D eigenvalue weighted by atomic mass is 10.00. The van der Waals surface area contributed by atoms with Crippen LogP contribution in [0.25, 0.3) is 16.6 Å². The number of benzene rings is 1. The summed E-state index contributed by atoms with van der Waals surface area (Å²) >= 11 is 0. The lowest BCUT2D eigenvalue weighted by Gasteiger charge is -2.30. The molecule has 0 atom stereocenters. The molecule has 190 valence electrons. The fraction of sp³-hybridized carbons (Fsp3) is 0.333. The van der Waals surface area contributed by atoms with Gasteiger partial charge in [0.2, 0.25) is 5.95 Å². The van der Waals surface area contributed by atoms with Crippen molar-refractivity contribution in [2.75, 3.05) is 18.5 Å². The molecule has 0 unspecified atom stereocenters. The quantitative estimate of drug-likeness (QED) is 0.430. The van der Waals surface area contributed by atoms with Gasteiger partial charge in [0.1, 0.15) is 17.9 Å².